The number of hydrogen-bond donors (Lipinski definition) is 0. The smallest absolute Gasteiger partial charge is 0.393 e. The summed E-state index contributed by atoms with van der Waals surface area (Å²) < 4.78 is 44.0. The highest BCUT2D eigenvalue weighted by Crippen LogP contribution is 2.33. The summed E-state index contributed by atoms with van der Waals surface area (Å²) in [5.74, 6) is -1.28. The van der Waals surface area contributed by atoms with Crippen LogP contribution in [0.15, 0.2) is 34.9 Å². The van der Waals surface area contributed by atoms with Crippen LogP contribution in [0.4, 0.5) is 13.2 Å². The summed E-state index contributed by atoms with van der Waals surface area (Å²) in [6.07, 6.45) is -2.32. The van der Waals surface area contributed by atoms with Crippen molar-refractivity contribution in [3.05, 3.63) is 41.8 Å². The number of rotatable bonds is 2. The first kappa shape index (κ1) is 16.5. The summed E-state index contributed by atoms with van der Waals surface area (Å²) in [6.45, 7) is 1.72. The summed E-state index contributed by atoms with van der Waals surface area (Å²) in [5.41, 5.74) is 1.39. The van der Waals surface area contributed by atoms with E-state index in [0.29, 0.717) is 35.7 Å². The highest BCUT2D eigenvalue weighted by Gasteiger charge is 2.42. The maximum absolute atomic E-state index is 12.9. The van der Waals surface area contributed by atoms with Crippen LogP contribution in [0.25, 0.3) is 11.5 Å². The molecule has 1 aliphatic heterocycles. The number of furan rings is 1. The van der Waals surface area contributed by atoms with Crippen molar-refractivity contribution in [2.75, 3.05) is 13.1 Å². The number of amides is 1. The lowest BCUT2D eigenvalue weighted by molar-refractivity contribution is -0.184. The van der Waals surface area contributed by atoms with Crippen LogP contribution in [-0.4, -0.2) is 35.1 Å². The Morgan fingerprint density at radius 2 is 2.12 bits per heavy atom. The van der Waals surface area contributed by atoms with Crippen molar-refractivity contribution in [1.82, 2.24) is 9.88 Å². The minimum absolute atomic E-state index is 0.0714. The molecule has 0 aromatic carbocycles. The highest BCUT2D eigenvalue weighted by molar-refractivity contribution is 5.95. The van der Waals surface area contributed by atoms with Crippen molar-refractivity contribution < 1.29 is 22.4 Å². The van der Waals surface area contributed by atoms with E-state index in [1.165, 1.54) is 11.2 Å². The molecule has 4 nitrogen and oxygen atoms in total. The van der Waals surface area contributed by atoms with Gasteiger partial charge in [-0.25, -0.2) is 4.98 Å². The Morgan fingerprint density at radius 1 is 1.33 bits per heavy atom. The average Bonchev–Trinajstić information content (AvgIpc) is 3.08. The number of nitrogens with zero attached hydrogens (tertiary/aromatic N) is 2. The van der Waals surface area contributed by atoms with Crippen LogP contribution in [0.5, 0.6) is 0 Å². The summed E-state index contributed by atoms with van der Waals surface area (Å²) in [6, 6.07) is 6.72. The first-order valence-corrected chi connectivity index (χ1v) is 7.74. The number of carbonyl (C=O) groups is 1. The fraction of sp³-hybridized carbons (Fsp3) is 0.412. The van der Waals surface area contributed by atoms with E-state index in [-0.39, 0.29) is 13.0 Å². The number of aryl methyl sites for hydroxylation is 1. The maximum Gasteiger partial charge on any atom is 0.393 e. The Bertz CT molecular complexity index is 726. The van der Waals surface area contributed by atoms with Crippen LogP contribution in [0.1, 0.15) is 28.9 Å². The summed E-state index contributed by atoms with van der Waals surface area (Å²) in [7, 11) is 0. The molecule has 0 radical (unpaired) electrons. The van der Waals surface area contributed by atoms with E-state index >= 15 is 0 Å². The zero-order valence-electron chi connectivity index (χ0n) is 13.1. The zero-order chi connectivity index (χ0) is 17.3. The van der Waals surface area contributed by atoms with E-state index in [0.717, 1.165) is 0 Å². The van der Waals surface area contributed by atoms with Gasteiger partial charge in [0.1, 0.15) is 5.69 Å². The quantitative estimate of drug-likeness (QED) is 0.829. The van der Waals surface area contributed by atoms with Crippen LogP contribution in [0.2, 0.25) is 0 Å². The second-order valence-electron chi connectivity index (χ2n) is 5.94. The molecule has 1 atom stereocenters. The van der Waals surface area contributed by atoms with E-state index in [9.17, 15) is 18.0 Å². The monoisotopic (exact) mass is 338 g/mol. The van der Waals surface area contributed by atoms with Crippen LogP contribution in [0.3, 0.4) is 0 Å². The van der Waals surface area contributed by atoms with Crippen LogP contribution < -0.4 is 0 Å². The van der Waals surface area contributed by atoms with Crippen molar-refractivity contribution in [3.63, 3.8) is 0 Å². The first-order valence-electron chi connectivity index (χ1n) is 7.74. The van der Waals surface area contributed by atoms with Gasteiger partial charge < -0.3 is 9.32 Å². The van der Waals surface area contributed by atoms with Crippen LogP contribution >= 0.6 is 0 Å². The van der Waals surface area contributed by atoms with Gasteiger partial charge in [-0.05, 0) is 44.0 Å². The Morgan fingerprint density at radius 3 is 2.75 bits per heavy atom. The molecule has 128 valence electrons. The van der Waals surface area contributed by atoms with Gasteiger partial charge in [0, 0.05) is 13.1 Å². The Hall–Kier alpha value is -2.31. The Labute approximate surface area is 137 Å². The summed E-state index contributed by atoms with van der Waals surface area (Å²) in [4.78, 5) is 18.2. The van der Waals surface area contributed by atoms with Gasteiger partial charge in [0.25, 0.3) is 5.91 Å². The predicted molar refractivity (Wildman–Crippen MR) is 81.4 cm³/mol. The molecule has 3 heterocycles. The molecule has 0 N–H and O–H groups in total. The molecule has 0 spiro atoms. The third kappa shape index (κ3) is 3.29. The third-order valence-electron chi connectivity index (χ3n) is 4.26. The number of pyridine rings is 1. The lowest BCUT2D eigenvalue weighted by Crippen LogP contribution is -2.44. The minimum Gasteiger partial charge on any atom is -0.463 e. The maximum atomic E-state index is 12.9. The summed E-state index contributed by atoms with van der Waals surface area (Å²) in [5, 5.41) is 0. The fourth-order valence-corrected chi connectivity index (χ4v) is 2.95. The van der Waals surface area contributed by atoms with Gasteiger partial charge in [0.05, 0.1) is 23.4 Å². The molecule has 0 aliphatic carbocycles. The van der Waals surface area contributed by atoms with Crippen molar-refractivity contribution in [2.45, 2.75) is 25.9 Å². The predicted octanol–water partition coefficient (Wildman–Crippen LogP) is 4.06. The standard InChI is InChI=1S/C17H17F3N2O2/c1-11-13(6-7-14(21-11)15-5-3-9-24-15)16(23)22-8-2-4-12(10-22)17(18,19)20/h3,5-7,9,12H,2,4,8,10H2,1H3/t12-/m0/s1. The van der Waals surface area contributed by atoms with E-state index < -0.39 is 18.0 Å². The molecule has 2 aromatic rings. The number of alkyl halides is 3. The Kier molecular flexibility index (Phi) is 4.34. The number of halogens is 3. The minimum atomic E-state index is -4.27. The summed E-state index contributed by atoms with van der Waals surface area (Å²) >= 11 is 0. The molecular weight excluding hydrogens is 321 g/mol. The van der Waals surface area contributed by atoms with E-state index in [1.807, 2.05) is 0 Å². The number of aromatic nitrogens is 1. The Balaban J connectivity index is 1.80. The second-order valence-corrected chi connectivity index (χ2v) is 5.94. The molecule has 0 unspecified atom stereocenters. The average molecular weight is 338 g/mol. The van der Waals surface area contributed by atoms with Crippen molar-refractivity contribution in [3.8, 4) is 11.5 Å². The second kappa shape index (κ2) is 6.30. The van der Waals surface area contributed by atoms with Crippen molar-refractivity contribution >= 4 is 5.91 Å². The lowest BCUT2D eigenvalue weighted by atomic mass is 9.96. The van der Waals surface area contributed by atoms with Gasteiger partial charge in [-0.15, -0.1) is 0 Å². The van der Waals surface area contributed by atoms with Crippen LogP contribution in [-0.2, 0) is 0 Å². The van der Waals surface area contributed by atoms with Crippen molar-refractivity contribution in [2.24, 2.45) is 5.92 Å². The molecule has 24 heavy (non-hydrogen) atoms. The number of likely N-dealkylation sites (tertiary alicyclic amines) is 1. The molecule has 0 saturated carbocycles. The fourth-order valence-electron chi connectivity index (χ4n) is 2.95. The number of piperidine rings is 1. The van der Waals surface area contributed by atoms with Crippen LogP contribution in [0, 0.1) is 12.8 Å². The molecule has 7 heteroatoms. The SMILES string of the molecule is Cc1nc(-c2ccco2)ccc1C(=O)N1CCC[C@H](C(F)(F)F)C1. The molecule has 1 saturated heterocycles. The van der Waals surface area contributed by atoms with Gasteiger partial charge in [0.2, 0.25) is 0 Å². The third-order valence-corrected chi connectivity index (χ3v) is 4.26. The normalized spacial score (nSPS) is 18.7. The topological polar surface area (TPSA) is 46.3 Å². The largest absolute Gasteiger partial charge is 0.463 e. The number of carbonyl (C=O) groups excluding carboxylic acids is 1. The van der Waals surface area contributed by atoms with E-state index in [2.05, 4.69) is 4.98 Å². The van der Waals surface area contributed by atoms with E-state index in [4.69, 9.17) is 4.42 Å². The highest BCUT2D eigenvalue weighted by atomic mass is 19.4. The molecule has 2 aromatic heterocycles. The molecule has 0 bridgehead atoms. The molecule has 3 rings (SSSR count). The lowest BCUT2D eigenvalue weighted by Gasteiger charge is -2.34. The van der Waals surface area contributed by atoms with E-state index in [1.54, 1.807) is 31.2 Å². The molecular formula is C17H17F3N2O2. The first-order chi connectivity index (χ1) is 11.4. The number of hydrogen-bond acceptors (Lipinski definition) is 3. The van der Waals surface area contributed by atoms with Gasteiger partial charge in [0.15, 0.2) is 5.76 Å². The van der Waals surface area contributed by atoms with Gasteiger partial charge in [-0.2, -0.15) is 13.2 Å². The zero-order valence-corrected chi connectivity index (χ0v) is 13.1. The molecule has 1 aliphatic rings. The molecule has 1 amide bonds. The van der Waals surface area contributed by atoms with Gasteiger partial charge in [-0.3, -0.25) is 4.79 Å². The molecule has 1 fully saturated rings. The van der Waals surface area contributed by atoms with Crippen molar-refractivity contribution in [1.29, 1.82) is 0 Å². The van der Waals surface area contributed by atoms with Gasteiger partial charge >= 0.3 is 6.18 Å². The van der Waals surface area contributed by atoms with Gasteiger partial charge in [-0.1, -0.05) is 0 Å².